The van der Waals surface area contributed by atoms with Gasteiger partial charge in [-0.05, 0) is 36.4 Å². The van der Waals surface area contributed by atoms with Crippen LogP contribution in [0.15, 0.2) is 36.4 Å². The molecule has 0 bridgehead atoms. The Hall–Kier alpha value is -2.14. The highest BCUT2D eigenvalue weighted by atomic mass is 19.1. The molecule has 1 aliphatic rings. The van der Waals surface area contributed by atoms with E-state index in [1.54, 1.807) is 25.3 Å². The minimum Gasteiger partial charge on any atom is -0.497 e. The van der Waals surface area contributed by atoms with E-state index in [1.165, 1.54) is 0 Å². The first-order valence-corrected chi connectivity index (χ1v) is 6.63. The largest absolute Gasteiger partial charge is 0.497 e. The molecule has 0 aromatic heterocycles. The molecule has 2 N–H and O–H groups in total. The molecule has 0 radical (unpaired) electrons. The van der Waals surface area contributed by atoms with Gasteiger partial charge in [0.05, 0.1) is 7.11 Å². The Balaban J connectivity index is 1.96. The van der Waals surface area contributed by atoms with Crippen LogP contribution in [-0.4, -0.2) is 7.11 Å². The first-order chi connectivity index (χ1) is 10.1. The van der Waals surface area contributed by atoms with Crippen LogP contribution in [0.1, 0.15) is 29.7 Å². The quantitative estimate of drug-likeness (QED) is 0.921. The third-order valence-corrected chi connectivity index (χ3v) is 3.66. The summed E-state index contributed by atoms with van der Waals surface area (Å²) in [7, 11) is 1.57. The number of fused-ring (bicyclic) bond motifs is 1. The zero-order valence-corrected chi connectivity index (χ0v) is 11.5. The van der Waals surface area contributed by atoms with Gasteiger partial charge in [0, 0.05) is 23.6 Å². The van der Waals surface area contributed by atoms with E-state index >= 15 is 0 Å². The Labute approximate surface area is 121 Å². The van der Waals surface area contributed by atoms with Gasteiger partial charge in [-0.2, -0.15) is 0 Å². The molecule has 2 aromatic carbocycles. The van der Waals surface area contributed by atoms with Gasteiger partial charge >= 0.3 is 0 Å². The Bertz CT molecular complexity index is 675. The highest BCUT2D eigenvalue weighted by molar-refractivity contribution is 5.44. The zero-order valence-electron chi connectivity index (χ0n) is 11.5. The number of rotatable bonds is 2. The van der Waals surface area contributed by atoms with E-state index in [9.17, 15) is 8.78 Å². The van der Waals surface area contributed by atoms with Crippen LogP contribution in [0.25, 0.3) is 0 Å². The predicted molar refractivity (Wildman–Crippen MR) is 74.3 cm³/mol. The Morgan fingerprint density at radius 3 is 2.71 bits per heavy atom. The molecular weight excluding hydrogens is 276 g/mol. The first kappa shape index (κ1) is 13.8. The van der Waals surface area contributed by atoms with E-state index in [0.29, 0.717) is 17.9 Å². The van der Waals surface area contributed by atoms with Crippen LogP contribution >= 0.6 is 0 Å². The lowest BCUT2D eigenvalue weighted by atomic mass is 9.93. The van der Waals surface area contributed by atoms with Crippen molar-refractivity contribution < 1.29 is 18.3 Å². The Morgan fingerprint density at radius 1 is 1.14 bits per heavy atom. The third-order valence-electron chi connectivity index (χ3n) is 3.66. The maximum atomic E-state index is 13.9. The number of ether oxygens (including phenoxy) is 2. The smallest absolute Gasteiger partial charge is 0.130 e. The molecule has 5 heteroatoms. The summed E-state index contributed by atoms with van der Waals surface area (Å²) in [4.78, 5) is 0. The van der Waals surface area contributed by atoms with Crippen molar-refractivity contribution in [3.8, 4) is 11.5 Å². The van der Waals surface area contributed by atoms with E-state index < -0.39 is 17.7 Å². The van der Waals surface area contributed by atoms with Crippen LogP contribution in [0.2, 0.25) is 0 Å². The van der Waals surface area contributed by atoms with Crippen molar-refractivity contribution in [1.82, 2.24) is 0 Å². The van der Waals surface area contributed by atoms with E-state index in [0.717, 1.165) is 23.8 Å². The lowest BCUT2D eigenvalue weighted by Gasteiger charge is -2.31. The maximum Gasteiger partial charge on any atom is 0.130 e. The summed E-state index contributed by atoms with van der Waals surface area (Å²) in [6, 6.07) is 8.30. The minimum absolute atomic E-state index is 0.187. The Kier molecular flexibility index (Phi) is 3.51. The molecule has 2 aromatic rings. The van der Waals surface area contributed by atoms with Crippen molar-refractivity contribution in [2.75, 3.05) is 7.11 Å². The summed E-state index contributed by atoms with van der Waals surface area (Å²) in [6.45, 7) is 0. The van der Waals surface area contributed by atoms with Crippen LogP contribution in [0.3, 0.4) is 0 Å². The number of nitrogens with two attached hydrogens (primary N) is 1. The average Bonchev–Trinajstić information content (AvgIpc) is 2.49. The van der Waals surface area contributed by atoms with Crippen LogP contribution in [0.5, 0.6) is 11.5 Å². The van der Waals surface area contributed by atoms with Crippen molar-refractivity contribution in [2.24, 2.45) is 5.73 Å². The standard InChI is InChI=1S/C16H15F2NO2/c1-20-10-3-5-15-12(7-10)14(19)8-16(21-15)11-6-9(17)2-4-13(11)18/h2-7,14,16H,8,19H2,1H3. The molecule has 0 aliphatic carbocycles. The van der Waals surface area contributed by atoms with E-state index in [4.69, 9.17) is 15.2 Å². The van der Waals surface area contributed by atoms with Crippen molar-refractivity contribution in [3.05, 3.63) is 59.2 Å². The topological polar surface area (TPSA) is 44.5 Å². The van der Waals surface area contributed by atoms with Gasteiger partial charge in [-0.3, -0.25) is 0 Å². The molecule has 0 spiro atoms. The SMILES string of the molecule is COc1ccc2c(c1)C(N)CC(c1cc(F)ccc1F)O2. The van der Waals surface area contributed by atoms with Crippen molar-refractivity contribution in [2.45, 2.75) is 18.6 Å². The number of methoxy groups -OCH3 is 1. The van der Waals surface area contributed by atoms with Gasteiger partial charge in [0.25, 0.3) is 0 Å². The van der Waals surface area contributed by atoms with E-state index in [2.05, 4.69) is 0 Å². The number of hydrogen-bond donors (Lipinski definition) is 1. The summed E-state index contributed by atoms with van der Waals surface area (Å²) >= 11 is 0. The molecule has 3 nitrogen and oxygen atoms in total. The third kappa shape index (κ3) is 2.56. The van der Waals surface area contributed by atoms with Gasteiger partial charge in [-0.25, -0.2) is 8.78 Å². The van der Waals surface area contributed by atoms with Crippen LogP contribution in [0.4, 0.5) is 8.78 Å². The molecule has 0 saturated heterocycles. The lowest BCUT2D eigenvalue weighted by Crippen LogP contribution is -2.24. The molecule has 2 atom stereocenters. The molecule has 3 rings (SSSR count). The van der Waals surface area contributed by atoms with Gasteiger partial charge in [0.15, 0.2) is 0 Å². The van der Waals surface area contributed by atoms with Gasteiger partial charge in [-0.1, -0.05) is 0 Å². The Morgan fingerprint density at radius 2 is 1.95 bits per heavy atom. The van der Waals surface area contributed by atoms with Crippen molar-refractivity contribution in [1.29, 1.82) is 0 Å². The van der Waals surface area contributed by atoms with Gasteiger partial charge < -0.3 is 15.2 Å². The molecule has 2 unspecified atom stereocenters. The normalized spacial score (nSPS) is 20.6. The maximum absolute atomic E-state index is 13.9. The van der Waals surface area contributed by atoms with E-state index in [-0.39, 0.29) is 11.6 Å². The average molecular weight is 291 g/mol. The van der Waals surface area contributed by atoms with Crippen LogP contribution < -0.4 is 15.2 Å². The predicted octanol–water partition coefficient (Wildman–Crippen LogP) is 3.50. The monoisotopic (exact) mass is 291 g/mol. The van der Waals surface area contributed by atoms with Crippen LogP contribution in [0, 0.1) is 11.6 Å². The fourth-order valence-electron chi connectivity index (χ4n) is 2.56. The second-order valence-corrected chi connectivity index (χ2v) is 5.02. The van der Waals surface area contributed by atoms with Gasteiger partial charge in [0.1, 0.15) is 29.2 Å². The van der Waals surface area contributed by atoms with Gasteiger partial charge in [-0.15, -0.1) is 0 Å². The molecule has 1 heterocycles. The summed E-state index contributed by atoms with van der Waals surface area (Å²) in [6.07, 6.45) is -0.225. The fraction of sp³-hybridized carbons (Fsp3) is 0.250. The molecule has 0 fully saturated rings. The molecule has 0 saturated carbocycles. The second kappa shape index (κ2) is 5.33. The molecular formula is C16H15F2NO2. The van der Waals surface area contributed by atoms with E-state index in [1.807, 2.05) is 0 Å². The number of benzene rings is 2. The fourth-order valence-corrected chi connectivity index (χ4v) is 2.56. The lowest BCUT2D eigenvalue weighted by molar-refractivity contribution is 0.156. The molecule has 110 valence electrons. The zero-order chi connectivity index (χ0) is 15.0. The number of halogens is 2. The second-order valence-electron chi connectivity index (χ2n) is 5.02. The van der Waals surface area contributed by atoms with Crippen LogP contribution in [-0.2, 0) is 0 Å². The first-order valence-electron chi connectivity index (χ1n) is 6.63. The summed E-state index contributed by atoms with van der Waals surface area (Å²) in [5.74, 6) is 0.265. The molecule has 21 heavy (non-hydrogen) atoms. The highest BCUT2D eigenvalue weighted by Gasteiger charge is 2.29. The van der Waals surface area contributed by atoms with Crippen molar-refractivity contribution in [3.63, 3.8) is 0 Å². The molecule has 0 amide bonds. The molecule has 1 aliphatic heterocycles. The minimum atomic E-state index is -0.600. The highest BCUT2D eigenvalue weighted by Crippen LogP contribution is 2.41. The summed E-state index contributed by atoms with van der Waals surface area (Å²) < 4.78 is 38.1. The number of hydrogen-bond acceptors (Lipinski definition) is 3. The van der Waals surface area contributed by atoms with Gasteiger partial charge in [0.2, 0.25) is 0 Å². The summed E-state index contributed by atoms with van der Waals surface area (Å²) in [5.41, 5.74) is 7.13. The van der Waals surface area contributed by atoms with Crippen molar-refractivity contribution >= 4 is 0 Å². The summed E-state index contributed by atoms with van der Waals surface area (Å²) in [5, 5.41) is 0.